The third-order valence-corrected chi connectivity index (χ3v) is 1.19. The second-order valence-electron chi connectivity index (χ2n) is 1.79. The molecule has 0 aromatic heterocycles. The fraction of sp³-hybridized carbons (Fsp3) is 0.600. The number of hydrogen-bond donors (Lipinski definition) is 4. The predicted octanol–water partition coefficient (Wildman–Crippen LogP) is -1.21. The van der Waals surface area contributed by atoms with E-state index < -0.39 is 23.3 Å². The smallest absolute Gasteiger partial charge is 0.323 e. The summed E-state index contributed by atoms with van der Waals surface area (Å²) in [6.07, 6.45) is 0. The van der Waals surface area contributed by atoms with Crippen molar-refractivity contribution in [1.29, 1.82) is 0 Å². The number of carboxylic acids is 1. The van der Waals surface area contributed by atoms with E-state index in [1.165, 1.54) is 0 Å². The molecule has 0 spiro atoms. The van der Waals surface area contributed by atoms with Crippen LogP contribution in [0, 0.1) is 0 Å². The molecule has 0 aromatic carbocycles. The van der Waals surface area contributed by atoms with Gasteiger partial charge in [0.25, 0.3) is 0 Å². The number of aliphatic carboxylic acids is 1. The van der Waals surface area contributed by atoms with Crippen molar-refractivity contribution >= 4 is 24.5 Å². The van der Waals surface area contributed by atoms with Gasteiger partial charge < -0.3 is 16.1 Å². The molecule has 0 saturated carbocycles. The first-order valence-electron chi connectivity index (χ1n) is 4.09. The summed E-state index contributed by atoms with van der Waals surface area (Å²) >= 11 is 3.65. The Labute approximate surface area is 73.7 Å². The number of carbonyl (C=O) groups is 2. The maximum atomic E-state index is 10.6. The number of nitrogens with two attached hydrogens (primary N) is 1. The molecule has 5 nitrogen and oxygen atoms in total. The minimum atomic E-state index is -2.64. The fourth-order valence-electron chi connectivity index (χ4n) is 0.378. The largest absolute Gasteiger partial charge is 0.480 e. The van der Waals surface area contributed by atoms with Crippen LogP contribution in [-0.4, -0.2) is 28.4 Å². The van der Waals surface area contributed by atoms with Crippen LogP contribution in [0.4, 0.5) is 0 Å². The average molecular weight is 181 g/mol. The summed E-state index contributed by atoms with van der Waals surface area (Å²) in [4.78, 5) is 21.2. The number of carboxylic acid groups (broad SMARTS) is 1. The van der Waals surface area contributed by atoms with Crippen molar-refractivity contribution in [1.82, 2.24) is 5.32 Å². The van der Waals surface area contributed by atoms with E-state index in [2.05, 4.69) is 12.6 Å². The van der Waals surface area contributed by atoms with Gasteiger partial charge in [0.05, 0.1) is 6.74 Å². The monoisotopic (exact) mass is 181 g/mol. The molecule has 11 heavy (non-hydrogen) atoms. The molecule has 4 N–H and O–H groups in total. The maximum Gasteiger partial charge on any atom is 0.323 e. The first-order chi connectivity index (χ1) is 6.22. The van der Waals surface area contributed by atoms with Gasteiger partial charge in [-0.25, -0.2) is 0 Å². The molecule has 0 saturated heterocycles. The highest BCUT2D eigenvalue weighted by atomic mass is 32.1. The van der Waals surface area contributed by atoms with Gasteiger partial charge in [-0.2, -0.15) is 12.6 Å². The van der Waals surface area contributed by atoms with E-state index in [1.54, 1.807) is 0 Å². The van der Waals surface area contributed by atoms with Crippen LogP contribution in [0.5, 0.6) is 0 Å². The molecular formula is C5H10N2O3S. The zero-order valence-corrected chi connectivity index (χ0v) is 6.63. The van der Waals surface area contributed by atoms with Crippen molar-refractivity contribution in [2.45, 2.75) is 18.3 Å². The first-order valence-corrected chi connectivity index (χ1v) is 3.21. The molecule has 1 unspecified atom stereocenters. The van der Waals surface area contributed by atoms with E-state index in [0.717, 1.165) is 6.92 Å². The molecule has 0 heterocycles. The molecule has 6 heteroatoms. The van der Waals surface area contributed by atoms with Crippen LogP contribution in [-0.2, 0) is 9.59 Å². The molecular weight excluding hydrogens is 168 g/mol. The van der Waals surface area contributed by atoms with Crippen LogP contribution in [0.3, 0.4) is 0 Å². The summed E-state index contributed by atoms with van der Waals surface area (Å²) < 4.78 is 20.8. The Morgan fingerprint density at radius 2 is 2.45 bits per heavy atom. The molecule has 0 aromatic rings. The summed E-state index contributed by atoms with van der Waals surface area (Å²) in [5.41, 5.74) is -0.330. The summed E-state index contributed by atoms with van der Waals surface area (Å²) in [6, 6.07) is -2.64. The summed E-state index contributed by atoms with van der Waals surface area (Å²) in [5.74, 6) is -2.33. The van der Waals surface area contributed by atoms with Crippen molar-refractivity contribution in [3.05, 3.63) is 0 Å². The van der Waals surface area contributed by atoms with Gasteiger partial charge in [0.15, 0.2) is 0 Å². The molecule has 0 aliphatic carbocycles. The molecule has 0 aliphatic heterocycles. The summed E-state index contributed by atoms with van der Waals surface area (Å²) in [5, 5.41) is 9.17. The van der Waals surface area contributed by atoms with Crippen LogP contribution >= 0.6 is 12.6 Å². The zero-order chi connectivity index (χ0) is 11.5. The van der Waals surface area contributed by atoms with E-state index in [9.17, 15) is 9.59 Å². The topological polar surface area (TPSA) is 92.4 Å². The van der Waals surface area contributed by atoms with Crippen LogP contribution in [0.1, 0.15) is 8.29 Å². The minimum Gasteiger partial charge on any atom is -0.480 e. The molecule has 0 aliphatic rings. The van der Waals surface area contributed by atoms with Crippen LogP contribution in [0.2, 0.25) is 2.82 Å². The average Bonchev–Trinajstić information content (AvgIpc) is 2.00. The number of carbonyl (C=O) groups excluding carboxylic acids is 1. The first kappa shape index (κ1) is 5.84. The molecule has 0 radical (unpaired) electrons. The molecule has 1 amide bonds. The lowest BCUT2D eigenvalue weighted by Gasteiger charge is -2.14. The highest BCUT2D eigenvalue weighted by molar-refractivity contribution is 7.81. The highest BCUT2D eigenvalue weighted by Crippen LogP contribution is 1.95. The minimum absolute atomic E-state index is 0.330. The van der Waals surface area contributed by atoms with Crippen molar-refractivity contribution in [3.8, 4) is 0 Å². The van der Waals surface area contributed by atoms with Crippen molar-refractivity contribution in [2.24, 2.45) is 5.72 Å². The van der Waals surface area contributed by atoms with Gasteiger partial charge in [-0.05, 0) is 0 Å². The van der Waals surface area contributed by atoms with Crippen molar-refractivity contribution in [2.75, 3.05) is 0 Å². The molecule has 64 valence electrons. The van der Waals surface area contributed by atoms with Crippen LogP contribution in [0.15, 0.2) is 0 Å². The Hall–Kier alpha value is -0.750. The van der Waals surface area contributed by atoms with Crippen LogP contribution in [0.25, 0.3) is 0 Å². The highest BCUT2D eigenvalue weighted by Gasteiger charge is 2.20. The van der Waals surface area contributed by atoms with E-state index in [0.29, 0.717) is 0 Å². The second-order valence-corrected chi connectivity index (χ2v) is 2.31. The standard InChI is InChI=1S/C5H10N2O3S/c1-2(8)7-4(11)3(6)5(9)10/h3-4,11H,6H2,1H3,(H,7,8)(H,9,10)/t3-,4?/m0/s1/i3D/hD2. The lowest BCUT2D eigenvalue weighted by molar-refractivity contribution is -0.138. The molecule has 0 rings (SSSR count). The Kier molecular flexibility index (Phi) is 2.23. The normalized spacial score (nSPS) is 22.3. The SMILES string of the molecule is [2H]N([2H])[C@]([2H])(C(=O)O)C(S)NC(C)=O. The van der Waals surface area contributed by atoms with E-state index >= 15 is 0 Å². The van der Waals surface area contributed by atoms with Crippen molar-refractivity contribution in [3.63, 3.8) is 0 Å². The number of thiol groups is 1. The zero-order valence-electron chi connectivity index (χ0n) is 8.74. The third kappa shape index (κ3) is 3.84. The number of amides is 1. The maximum absolute atomic E-state index is 10.6. The van der Waals surface area contributed by atoms with Gasteiger partial charge >= 0.3 is 5.97 Å². The van der Waals surface area contributed by atoms with E-state index in [1.807, 2.05) is 5.32 Å². The number of rotatable bonds is 4. The third-order valence-electron chi connectivity index (χ3n) is 0.818. The lowest BCUT2D eigenvalue weighted by atomic mass is 10.3. The Morgan fingerprint density at radius 3 is 2.73 bits per heavy atom. The van der Waals surface area contributed by atoms with Gasteiger partial charge in [-0.3, -0.25) is 9.59 Å². The summed E-state index contributed by atoms with van der Waals surface area (Å²) in [7, 11) is 0. The number of hydrogen-bond acceptors (Lipinski definition) is 4. The fourth-order valence-corrected chi connectivity index (χ4v) is 0.670. The lowest BCUT2D eigenvalue weighted by Crippen LogP contribution is -2.48. The Balaban J connectivity index is 4.82. The van der Waals surface area contributed by atoms with Crippen molar-refractivity contribution < 1.29 is 18.9 Å². The van der Waals surface area contributed by atoms with Gasteiger partial charge in [0.1, 0.15) is 8.84 Å². The predicted molar refractivity (Wildman–Crippen MR) is 42.2 cm³/mol. The van der Waals surface area contributed by atoms with Gasteiger partial charge in [0, 0.05) is 6.92 Å². The van der Waals surface area contributed by atoms with Gasteiger partial charge in [-0.15, -0.1) is 0 Å². The number of nitrogens with one attached hydrogen (secondary N) is 1. The second kappa shape index (κ2) is 4.20. The quantitative estimate of drug-likeness (QED) is 0.323. The molecule has 0 bridgehead atoms. The molecule has 2 atom stereocenters. The summed E-state index contributed by atoms with van der Waals surface area (Å²) in [6.45, 7) is 1.11. The van der Waals surface area contributed by atoms with Crippen LogP contribution < -0.4 is 11.0 Å². The van der Waals surface area contributed by atoms with E-state index in [4.69, 9.17) is 9.30 Å². The molecule has 0 fully saturated rings. The van der Waals surface area contributed by atoms with Gasteiger partial charge in [0.2, 0.25) is 5.91 Å². The Bertz CT molecular complexity index is 252. The Morgan fingerprint density at radius 1 is 1.91 bits per heavy atom. The van der Waals surface area contributed by atoms with Gasteiger partial charge in [-0.1, -0.05) is 0 Å². The van der Waals surface area contributed by atoms with E-state index in [-0.39, 0.29) is 5.72 Å².